The normalized spacial score (nSPS) is 29.6. The molecule has 0 aromatic heterocycles. The molecular formula is C12H21F2N3O2. The van der Waals surface area contributed by atoms with E-state index < -0.39 is 24.3 Å². The van der Waals surface area contributed by atoms with Gasteiger partial charge in [-0.05, 0) is 33.0 Å². The fourth-order valence-electron chi connectivity index (χ4n) is 2.96. The third-order valence-electron chi connectivity index (χ3n) is 3.97. The molecule has 1 atom stereocenters. The van der Waals surface area contributed by atoms with Crippen molar-refractivity contribution >= 4 is 5.91 Å². The Hall–Kier alpha value is -0.790. The quantitative estimate of drug-likeness (QED) is 0.762. The van der Waals surface area contributed by atoms with Gasteiger partial charge in [0.05, 0.1) is 19.7 Å². The van der Waals surface area contributed by atoms with Gasteiger partial charge in [-0.3, -0.25) is 14.5 Å². The van der Waals surface area contributed by atoms with Crippen LogP contribution >= 0.6 is 0 Å². The van der Waals surface area contributed by atoms with Crippen molar-refractivity contribution < 1.29 is 18.4 Å². The predicted octanol–water partition coefficient (Wildman–Crippen LogP) is 0.468. The first kappa shape index (κ1) is 14.6. The standard InChI is InChI=1S/C12H21F2N3O2/c1-16-5-3-9(4-6-16)17-8-12(13,14)7-10(17)11(18)15-19-2/h9-10H,3-8H2,1-2H3,(H,15,18)/t10-/m1/s1. The molecule has 0 aliphatic carbocycles. The average Bonchev–Trinajstić information content (AvgIpc) is 2.67. The predicted molar refractivity (Wildman–Crippen MR) is 65.7 cm³/mol. The van der Waals surface area contributed by atoms with E-state index in [1.165, 1.54) is 7.11 Å². The minimum atomic E-state index is -2.79. The largest absolute Gasteiger partial charge is 0.306 e. The van der Waals surface area contributed by atoms with Gasteiger partial charge >= 0.3 is 0 Å². The van der Waals surface area contributed by atoms with Crippen LogP contribution in [0.3, 0.4) is 0 Å². The van der Waals surface area contributed by atoms with Crippen molar-refractivity contribution in [1.29, 1.82) is 0 Å². The summed E-state index contributed by atoms with van der Waals surface area (Å²) in [6.07, 6.45) is 1.22. The summed E-state index contributed by atoms with van der Waals surface area (Å²) in [5.74, 6) is -3.27. The molecule has 110 valence electrons. The van der Waals surface area contributed by atoms with Crippen molar-refractivity contribution in [2.45, 2.75) is 37.3 Å². The Morgan fingerprint density at radius 1 is 1.37 bits per heavy atom. The summed E-state index contributed by atoms with van der Waals surface area (Å²) in [7, 11) is 3.33. The van der Waals surface area contributed by atoms with Crippen LogP contribution < -0.4 is 5.48 Å². The summed E-state index contributed by atoms with van der Waals surface area (Å²) in [6.45, 7) is 1.43. The monoisotopic (exact) mass is 277 g/mol. The highest BCUT2D eigenvalue weighted by Gasteiger charge is 2.50. The number of carbonyl (C=O) groups is 1. The van der Waals surface area contributed by atoms with Crippen molar-refractivity contribution in [2.24, 2.45) is 0 Å². The highest BCUT2D eigenvalue weighted by Crippen LogP contribution is 2.35. The molecule has 2 fully saturated rings. The SMILES string of the molecule is CONC(=O)[C@H]1CC(F)(F)CN1C1CCN(C)CC1. The molecule has 2 saturated heterocycles. The van der Waals surface area contributed by atoms with E-state index in [4.69, 9.17) is 0 Å². The van der Waals surface area contributed by atoms with E-state index in [0.717, 1.165) is 25.9 Å². The smallest absolute Gasteiger partial charge is 0.262 e. The van der Waals surface area contributed by atoms with E-state index >= 15 is 0 Å². The maximum atomic E-state index is 13.6. The molecule has 2 rings (SSSR count). The third-order valence-corrected chi connectivity index (χ3v) is 3.97. The Morgan fingerprint density at radius 2 is 2.00 bits per heavy atom. The van der Waals surface area contributed by atoms with Gasteiger partial charge in [-0.1, -0.05) is 0 Å². The zero-order valence-corrected chi connectivity index (χ0v) is 11.4. The Bertz CT molecular complexity index is 333. The van der Waals surface area contributed by atoms with Gasteiger partial charge in [0.25, 0.3) is 11.8 Å². The number of nitrogens with zero attached hydrogens (tertiary/aromatic N) is 2. The first-order valence-corrected chi connectivity index (χ1v) is 6.58. The minimum Gasteiger partial charge on any atom is -0.306 e. The lowest BCUT2D eigenvalue weighted by atomic mass is 10.0. The fraction of sp³-hybridized carbons (Fsp3) is 0.917. The fourth-order valence-corrected chi connectivity index (χ4v) is 2.96. The molecule has 1 amide bonds. The summed E-state index contributed by atoms with van der Waals surface area (Å²) >= 11 is 0. The summed E-state index contributed by atoms with van der Waals surface area (Å²) in [5.41, 5.74) is 2.18. The molecule has 0 aromatic rings. The molecule has 0 unspecified atom stereocenters. The molecule has 2 aliphatic heterocycles. The van der Waals surface area contributed by atoms with E-state index in [9.17, 15) is 13.6 Å². The van der Waals surface area contributed by atoms with Crippen LogP contribution in [0.1, 0.15) is 19.3 Å². The number of likely N-dealkylation sites (tertiary alicyclic amines) is 2. The number of amides is 1. The lowest BCUT2D eigenvalue weighted by Crippen LogP contribution is -2.50. The summed E-state index contributed by atoms with van der Waals surface area (Å²) in [6, 6.07) is -0.736. The first-order chi connectivity index (χ1) is 8.93. The maximum absolute atomic E-state index is 13.6. The van der Waals surface area contributed by atoms with Crippen molar-refractivity contribution in [2.75, 3.05) is 33.8 Å². The molecule has 0 saturated carbocycles. The number of piperidine rings is 1. The topological polar surface area (TPSA) is 44.8 Å². The number of carbonyl (C=O) groups excluding carboxylic acids is 1. The molecule has 1 N–H and O–H groups in total. The van der Waals surface area contributed by atoms with Gasteiger partial charge in [-0.15, -0.1) is 0 Å². The van der Waals surface area contributed by atoms with Gasteiger partial charge in [0, 0.05) is 12.5 Å². The summed E-state index contributed by atoms with van der Waals surface area (Å²) < 4.78 is 27.2. The average molecular weight is 277 g/mol. The molecule has 7 heteroatoms. The lowest BCUT2D eigenvalue weighted by molar-refractivity contribution is -0.137. The number of rotatable bonds is 3. The Morgan fingerprint density at radius 3 is 2.58 bits per heavy atom. The van der Waals surface area contributed by atoms with Gasteiger partial charge in [0.15, 0.2) is 0 Å². The van der Waals surface area contributed by atoms with Gasteiger partial charge < -0.3 is 4.90 Å². The second-order valence-electron chi connectivity index (χ2n) is 5.45. The van der Waals surface area contributed by atoms with E-state index in [0.29, 0.717) is 0 Å². The van der Waals surface area contributed by atoms with Crippen LogP contribution in [0, 0.1) is 0 Å². The van der Waals surface area contributed by atoms with Crippen molar-refractivity contribution in [1.82, 2.24) is 15.3 Å². The molecule has 19 heavy (non-hydrogen) atoms. The maximum Gasteiger partial charge on any atom is 0.262 e. The van der Waals surface area contributed by atoms with Gasteiger partial charge in [-0.25, -0.2) is 14.3 Å². The van der Waals surface area contributed by atoms with Crippen LogP contribution in [-0.2, 0) is 9.63 Å². The summed E-state index contributed by atoms with van der Waals surface area (Å²) in [4.78, 5) is 20.2. The van der Waals surface area contributed by atoms with Crippen LogP contribution in [0.15, 0.2) is 0 Å². The van der Waals surface area contributed by atoms with Crippen molar-refractivity contribution in [3.05, 3.63) is 0 Å². The van der Waals surface area contributed by atoms with E-state index in [1.807, 2.05) is 7.05 Å². The first-order valence-electron chi connectivity index (χ1n) is 6.58. The number of halogens is 2. The third kappa shape index (κ3) is 3.40. The van der Waals surface area contributed by atoms with Crippen LogP contribution in [-0.4, -0.2) is 67.5 Å². The van der Waals surface area contributed by atoms with E-state index in [1.54, 1.807) is 4.90 Å². The minimum absolute atomic E-state index is 0.0529. The molecule has 2 heterocycles. The molecular weight excluding hydrogens is 256 g/mol. The Kier molecular flexibility index (Phi) is 4.37. The number of hydrogen-bond acceptors (Lipinski definition) is 4. The van der Waals surface area contributed by atoms with Crippen LogP contribution in [0.2, 0.25) is 0 Å². The van der Waals surface area contributed by atoms with Crippen LogP contribution in [0.25, 0.3) is 0 Å². The van der Waals surface area contributed by atoms with E-state index in [2.05, 4.69) is 15.2 Å². The molecule has 0 spiro atoms. The molecule has 0 radical (unpaired) electrons. The lowest BCUT2D eigenvalue weighted by Gasteiger charge is -2.37. The molecule has 0 aromatic carbocycles. The van der Waals surface area contributed by atoms with Gasteiger partial charge in [-0.2, -0.15) is 0 Å². The zero-order chi connectivity index (χ0) is 14.0. The Labute approximate surface area is 111 Å². The second-order valence-corrected chi connectivity index (χ2v) is 5.45. The van der Waals surface area contributed by atoms with Gasteiger partial charge in [0.1, 0.15) is 0 Å². The summed E-state index contributed by atoms with van der Waals surface area (Å²) in [5, 5.41) is 0. The number of hydroxylamine groups is 1. The van der Waals surface area contributed by atoms with E-state index in [-0.39, 0.29) is 12.6 Å². The zero-order valence-electron chi connectivity index (χ0n) is 11.4. The molecule has 2 aliphatic rings. The number of hydrogen-bond donors (Lipinski definition) is 1. The molecule has 5 nitrogen and oxygen atoms in total. The van der Waals surface area contributed by atoms with Crippen molar-refractivity contribution in [3.8, 4) is 0 Å². The highest BCUT2D eigenvalue weighted by molar-refractivity contribution is 5.81. The second kappa shape index (κ2) is 5.68. The number of nitrogens with one attached hydrogen (secondary N) is 1. The van der Waals surface area contributed by atoms with Crippen LogP contribution in [0.4, 0.5) is 8.78 Å². The number of alkyl halides is 2. The van der Waals surface area contributed by atoms with Gasteiger partial charge in [0.2, 0.25) is 0 Å². The van der Waals surface area contributed by atoms with Crippen molar-refractivity contribution in [3.63, 3.8) is 0 Å². The highest BCUT2D eigenvalue weighted by atomic mass is 19.3. The Balaban J connectivity index is 2.05. The molecule has 0 bridgehead atoms. The van der Waals surface area contributed by atoms with Crippen LogP contribution in [0.5, 0.6) is 0 Å².